The first-order valence-corrected chi connectivity index (χ1v) is 7.42. The highest BCUT2D eigenvalue weighted by Gasteiger charge is 2.39. The predicted octanol–water partition coefficient (Wildman–Crippen LogP) is 1.84. The molecule has 2 heterocycles. The van der Waals surface area contributed by atoms with Gasteiger partial charge in [0.15, 0.2) is 0 Å². The summed E-state index contributed by atoms with van der Waals surface area (Å²) in [6.45, 7) is 7.42. The first kappa shape index (κ1) is 14.0. The predicted molar refractivity (Wildman–Crippen MR) is 77.0 cm³/mol. The molecule has 3 nitrogen and oxygen atoms in total. The minimum Gasteiger partial charge on any atom is -0.383 e. The molecule has 2 aliphatic rings. The Kier molecular flexibility index (Phi) is 4.34. The number of ether oxygens (including phenoxy) is 1. The molecule has 0 bridgehead atoms. The van der Waals surface area contributed by atoms with Gasteiger partial charge in [0.25, 0.3) is 0 Å². The molecule has 2 fully saturated rings. The van der Waals surface area contributed by atoms with Gasteiger partial charge in [-0.05, 0) is 29.5 Å². The van der Waals surface area contributed by atoms with E-state index in [0.717, 1.165) is 50.2 Å². The number of methoxy groups -OCH3 is 1. The fourth-order valence-corrected chi connectivity index (χ4v) is 3.61. The minimum atomic E-state index is -0.132. The summed E-state index contributed by atoms with van der Waals surface area (Å²) in [7, 11) is 1.76. The molecular weight excluding hydrogens is 255 g/mol. The van der Waals surface area contributed by atoms with Crippen LogP contribution < -0.4 is 0 Å². The third-order valence-corrected chi connectivity index (χ3v) is 4.54. The Bertz CT molecular complexity index is 440. The number of hydrogen-bond acceptors (Lipinski definition) is 3. The van der Waals surface area contributed by atoms with Crippen molar-refractivity contribution in [1.29, 1.82) is 0 Å². The Morgan fingerprint density at radius 1 is 1.15 bits per heavy atom. The summed E-state index contributed by atoms with van der Waals surface area (Å²) in [6.07, 6.45) is 0. The Hall–Kier alpha value is -0.970. The van der Waals surface area contributed by atoms with Gasteiger partial charge in [0.05, 0.1) is 6.61 Å². The van der Waals surface area contributed by atoms with Crippen molar-refractivity contribution in [2.75, 3.05) is 46.4 Å². The molecule has 0 aliphatic carbocycles. The van der Waals surface area contributed by atoms with Gasteiger partial charge in [-0.1, -0.05) is 12.1 Å². The molecule has 0 amide bonds. The van der Waals surface area contributed by atoms with E-state index < -0.39 is 0 Å². The number of halogens is 1. The molecule has 0 radical (unpaired) electrons. The quantitative estimate of drug-likeness (QED) is 0.817. The molecule has 0 saturated carbocycles. The van der Waals surface area contributed by atoms with E-state index in [-0.39, 0.29) is 5.82 Å². The second kappa shape index (κ2) is 6.20. The van der Waals surface area contributed by atoms with Crippen molar-refractivity contribution in [3.8, 4) is 0 Å². The molecule has 0 aromatic heterocycles. The van der Waals surface area contributed by atoms with Gasteiger partial charge >= 0.3 is 0 Å². The van der Waals surface area contributed by atoms with Crippen molar-refractivity contribution in [1.82, 2.24) is 9.80 Å². The topological polar surface area (TPSA) is 15.7 Å². The molecule has 3 rings (SSSR count). The average Bonchev–Trinajstić information content (AvgIpc) is 2.94. The fraction of sp³-hybridized carbons (Fsp3) is 0.625. The maximum atomic E-state index is 13.2. The molecule has 2 atom stereocenters. The van der Waals surface area contributed by atoms with E-state index >= 15 is 0 Å². The van der Waals surface area contributed by atoms with Crippen LogP contribution in [0.15, 0.2) is 24.3 Å². The van der Waals surface area contributed by atoms with Crippen LogP contribution in [-0.2, 0) is 11.3 Å². The van der Waals surface area contributed by atoms with E-state index in [4.69, 9.17) is 4.74 Å². The Morgan fingerprint density at radius 2 is 1.85 bits per heavy atom. The smallest absolute Gasteiger partial charge is 0.123 e. The van der Waals surface area contributed by atoms with Gasteiger partial charge in [-0.2, -0.15) is 0 Å². The zero-order valence-corrected chi connectivity index (χ0v) is 12.1. The standard InChI is InChI=1S/C16H23FN2O/c1-20-6-5-18-9-14-11-19(12-15(14)10-18)8-13-3-2-4-16(17)7-13/h2-4,7,14-15H,5-6,8-12H2,1H3/t14-,15+. The summed E-state index contributed by atoms with van der Waals surface area (Å²) in [5.41, 5.74) is 1.08. The molecule has 1 aromatic carbocycles. The molecule has 4 heteroatoms. The zero-order valence-electron chi connectivity index (χ0n) is 12.1. The molecule has 1 aromatic rings. The molecular formula is C16H23FN2O. The second-order valence-electron chi connectivity index (χ2n) is 6.10. The van der Waals surface area contributed by atoms with Crippen LogP contribution >= 0.6 is 0 Å². The summed E-state index contributed by atoms with van der Waals surface area (Å²) < 4.78 is 18.4. The number of hydrogen-bond donors (Lipinski definition) is 0. The highest BCUT2D eigenvalue weighted by molar-refractivity contribution is 5.16. The highest BCUT2D eigenvalue weighted by Crippen LogP contribution is 2.31. The second-order valence-corrected chi connectivity index (χ2v) is 6.10. The van der Waals surface area contributed by atoms with Gasteiger partial charge in [-0.15, -0.1) is 0 Å². The van der Waals surface area contributed by atoms with Crippen LogP contribution in [-0.4, -0.2) is 56.2 Å². The van der Waals surface area contributed by atoms with Crippen molar-refractivity contribution >= 4 is 0 Å². The van der Waals surface area contributed by atoms with Crippen LogP contribution in [0.5, 0.6) is 0 Å². The van der Waals surface area contributed by atoms with Crippen LogP contribution in [0.2, 0.25) is 0 Å². The van der Waals surface area contributed by atoms with Crippen LogP contribution in [0.4, 0.5) is 4.39 Å². The summed E-state index contributed by atoms with van der Waals surface area (Å²) in [5, 5.41) is 0. The van der Waals surface area contributed by atoms with Gasteiger partial charge in [-0.3, -0.25) is 4.90 Å². The van der Waals surface area contributed by atoms with Crippen LogP contribution in [0.25, 0.3) is 0 Å². The Morgan fingerprint density at radius 3 is 2.50 bits per heavy atom. The lowest BCUT2D eigenvalue weighted by Gasteiger charge is -2.21. The molecule has 110 valence electrons. The monoisotopic (exact) mass is 278 g/mol. The van der Waals surface area contributed by atoms with Crippen LogP contribution in [0.1, 0.15) is 5.56 Å². The molecule has 2 saturated heterocycles. The van der Waals surface area contributed by atoms with Crippen molar-refractivity contribution in [2.45, 2.75) is 6.54 Å². The molecule has 0 spiro atoms. The normalized spacial score (nSPS) is 27.1. The lowest BCUT2D eigenvalue weighted by molar-refractivity contribution is 0.152. The maximum Gasteiger partial charge on any atom is 0.123 e. The molecule has 2 aliphatic heterocycles. The van der Waals surface area contributed by atoms with E-state index in [1.165, 1.54) is 19.2 Å². The maximum absolute atomic E-state index is 13.2. The SMILES string of the molecule is COCCN1C[C@@H]2CN(Cc3cccc(F)c3)C[C@@H]2C1. The molecule has 0 N–H and O–H groups in total. The van der Waals surface area contributed by atoms with Gasteiger partial charge in [0.2, 0.25) is 0 Å². The molecule has 20 heavy (non-hydrogen) atoms. The highest BCUT2D eigenvalue weighted by atomic mass is 19.1. The first-order chi connectivity index (χ1) is 9.74. The third kappa shape index (κ3) is 3.19. The number of benzene rings is 1. The summed E-state index contributed by atoms with van der Waals surface area (Å²) in [5.74, 6) is 1.42. The van der Waals surface area contributed by atoms with Gasteiger partial charge in [0, 0.05) is 46.4 Å². The third-order valence-electron chi connectivity index (χ3n) is 4.54. The van der Waals surface area contributed by atoms with Gasteiger partial charge in [0.1, 0.15) is 5.82 Å². The van der Waals surface area contributed by atoms with E-state index in [0.29, 0.717) is 0 Å². The van der Waals surface area contributed by atoms with E-state index in [2.05, 4.69) is 9.80 Å². The number of fused-ring (bicyclic) bond motifs is 1. The van der Waals surface area contributed by atoms with Crippen molar-refractivity contribution < 1.29 is 9.13 Å². The number of rotatable bonds is 5. The largest absolute Gasteiger partial charge is 0.383 e. The Balaban J connectivity index is 1.50. The summed E-state index contributed by atoms with van der Waals surface area (Å²) in [4.78, 5) is 4.98. The minimum absolute atomic E-state index is 0.132. The zero-order chi connectivity index (χ0) is 13.9. The Labute approximate surface area is 120 Å². The first-order valence-electron chi connectivity index (χ1n) is 7.42. The number of likely N-dealkylation sites (tertiary alicyclic amines) is 2. The lowest BCUT2D eigenvalue weighted by Crippen LogP contribution is -2.30. The molecule has 0 unspecified atom stereocenters. The average molecular weight is 278 g/mol. The van der Waals surface area contributed by atoms with Crippen molar-refractivity contribution in [3.05, 3.63) is 35.6 Å². The fourth-order valence-electron chi connectivity index (χ4n) is 3.61. The van der Waals surface area contributed by atoms with Crippen molar-refractivity contribution in [3.63, 3.8) is 0 Å². The summed E-state index contributed by atoms with van der Waals surface area (Å²) >= 11 is 0. The lowest BCUT2D eigenvalue weighted by atomic mass is 10.0. The van der Waals surface area contributed by atoms with E-state index in [1.54, 1.807) is 19.2 Å². The van der Waals surface area contributed by atoms with Gasteiger partial charge < -0.3 is 9.64 Å². The van der Waals surface area contributed by atoms with Crippen LogP contribution in [0.3, 0.4) is 0 Å². The van der Waals surface area contributed by atoms with E-state index in [1.807, 2.05) is 6.07 Å². The number of nitrogens with zero attached hydrogens (tertiary/aromatic N) is 2. The van der Waals surface area contributed by atoms with Gasteiger partial charge in [-0.25, -0.2) is 4.39 Å². The van der Waals surface area contributed by atoms with E-state index in [9.17, 15) is 4.39 Å². The summed E-state index contributed by atoms with van der Waals surface area (Å²) in [6, 6.07) is 6.98. The van der Waals surface area contributed by atoms with Crippen LogP contribution in [0, 0.1) is 17.7 Å². The van der Waals surface area contributed by atoms with Crippen molar-refractivity contribution in [2.24, 2.45) is 11.8 Å².